The van der Waals surface area contributed by atoms with Crippen molar-refractivity contribution >= 4 is 5.69 Å². The highest BCUT2D eigenvalue weighted by Crippen LogP contribution is 2.20. The van der Waals surface area contributed by atoms with Gasteiger partial charge in [0.1, 0.15) is 0 Å². The molecular formula is C9H16N4. The van der Waals surface area contributed by atoms with E-state index in [1.54, 1.807) is 0 Å². The van der Waals surface area contributed by atoms with Crippen LogP contribution in [0.5, 0.6) is 0 Å². The molecule has 13 heavy (non-hydrogen) atoms. The molecule has 0 aliphatic heterocycles. The topological polar surface area (TPSA) is 66.7 Å². The van der Waals surface area contributed by atoms with Crippen molar-refractivity contribution in [3.05, 3.63) is 12.4 Å². The highest BCUT2D eigenvalue weighted by atomic mass is 15.1. The molecule has 1 fully saturated rings. The smallest absolute Gasteiger partial charge is 0.0725 e. The maximum atomic E-state index is 5.82. The van der Waals surface area contributed by atoms with Crippen LogP contribution in [0.3, 0.4) is 0 Å². The molecule has 0 saturated heterocycles. The average Bonchev–Trinajstić information content (AvgIpc) is 2.62. The molecule has 0 spiro atoms. The van der Waals surface area contributed by atoms with Gasteiger partial charge in [0.2, 0.25) is 0 Å². The Morgan fingerprint density at radius 2 is 2.15 bits per heavy atom. The molecule has 1 saturated carbocycles. The van der Waals surface area contributed by atoms with Crippen LogP contribution in [-0.4, -0.2) is 22.3 Å². The van der Waals surface area contributed by atoms with Crippen LogP contribution < -0.4 is 11.1 Å². The van der Waals surface area contributed by atoms with E-state index in [0.717, 1.165) is 18.5 Å². The van der Waals surface area contributed by atoms with Gasteiger partial charge in [-0.1, -0.05) is 0 Å². The van der Waals surface area contributed by atoms with E-state index in [0.29, 0.717) is 12.1 Å². The zero-order chi connectivity index (χ0) is 9.10. The second-order valence-electron chi connectivity index (χ2n) is 3.74. The van der Waals surface area contributed by atoms with E-state index in [-0.39, 0.29) is 0 Å². The van der Waals surface area contributed by atoms with Crippen molar-refractivity contribution in [3.8, 4) is 0 Å². The molecule has 1 aromatic heterocycles. The first kappa shape index (κ1) is 8.56. The summed E-state index contributed by atoms with van der Waals surface area (Å²) in [6, 6.07) is 1.000. The summed E-state index contributed by atoms with van der Waals surface area (Å²) in [6.07, 6.45) is 8.31. The molecule has 0 unspecified atom stereocenters. The molecule has 4 N–H and O–H groups in total. The third-order valence-corrected chi connectivity index (χ3v) is 2.64. The highest BCUT2D eigenvalue weighted by Gasteiger charge is 2.17. The summed E-state index contributed by atoms with van der Waals surface area (Å²) in [5.41, 5.74) is 6.91. The Morgan fingerprint density at radius 3 is 2.77 bits per heavy atom. The van der Waals surface area contributed by atoms with Crippen LogP contribution in [0.4, 0.5) is 5.69 Å². The van der Waals surface area contributed by atoms with Crippen molar-refractivity contribution in [3.63, 3.8) is 0 Å². The molecule has 0 amide bonds. The van der Waals surface area contributed by atoms with Crippen molar-refractivity contribution < 1.29 is 0 Å². The number of H-pyrrole nitrogens is 1. The fourth-order valence-electron chi connectivity index (χ4n) is 1.83. The predicted octanol–water partition coefficient (Wildman–Crippen LogP) is 1.09. The summed E-state index contributed by atoms with van der Waals surface area (Å²) in [7, 11) is 0. The largest absolute Gasteiger partial charge is 0.380 e. The lowest BCUT2D eigenvalue weighted by molar-refractivity contribution is 0.411. The van der Waals surface area contributed by atoms with Gasteiger partial charge in [-0.3, -0.25) is 5.10 Å². The third-order valence-electron chi connectivity index (χ3n) is 2.64. The molecule has 4 heteroatoms. The standard InChI is InChI=1S/C9H16N4/c10-7-1-3-8(4-2-7)13-9-5-11-12-6-9/h5-8,13H,1-4,10H2,(H,11,12). The van der Waals surface area contributed by atoms with Crippen LogP contribution in [0.1, 0.15) is 25.7 Å². The number of nitrogens with zero attached hydrogens (tertiary/aromatic N) is 1. The number of rotatable bonds is 2. The van der Waals surface area contributed by atoms with Gasteiger partial charge in [0, 0.05) is 18.3 Å². The Bertz CT molecular complexity index is 236. The molecule has 72 valence electrons. The number of aromatic amines is 1. The number of nitrogens with two attached hydrogens (primary N) is 1. The van der Waals surface area contributed by atoms with E-state index < -0.39 is 0 Å². The quantitative estimate of drug-likeness (QED) is 0.638. The van der Waals surface area contributed by atoms with E-state index in [2.05, 4.69) is 15.5 Å². The second-order valence-corrected chi connectivity index (χ2v) is 3.74. The van der Waals surface area contributed by atoms with Gasteiger partial charge in [-0.2, -0.15) is 5.10 Å². The lowest BCUT2D eigenvalue weighted by Crippen LogP contribution is -2.32. The maximum absolute atomic E-state index is 5.82. The molecular weight excluding hydrogens is 164 g/mol. The summed E-state index contributed by atoms with van der Waals surface area (Å²) in [4.78, 5) is 0. The zero-order valence-electron chi connectivity index (χ0n) is 7.66. The van der Waals surface area contributed by atoms with Gasteiger partial charge >= 0.3 is 0 Å². The summed E-state index contributed by atoms with van der Waals surface area (Å²) in [6.45, 7) is 0. The van der Waals surface area contributed by atoms with Gasteiger partial charge in [-0.15, -0.1) is 0 Å². The average molecular weight is 180 g/mol. The molecule has 0 bridgehead atoms. The summed E-state index contributed by atoms with van der Waals surface area (Å²) in [5.74, 6) is 0. The molecule has 1 aliphatic carbocycles. The van der Waals surface area contributed by atoms with Crippen molar-refractivity contribution in [2.75, 3.05) is 5.32 Å². The van der Waals surface area contributed by atoms with Gasteiger partial charge in [0.25, 0.3) is 0 Å². The Hall–Kier alpha value is -1.03. The molecule has 1 aliphatic rings. The fraction of sp³-hybridized carbons (Fsp3) is 0.667. The van der Waals surface area contributed by atoms with Crippen molar-refractivity contribution in [2.45, 2.75) is 37.8 Å². The Morgan fingerprint density at radius 1 is 1.38 bits per heavy atom. The predicted molar refractivity (Wildman–Crippen MR) is 52.4 cm³/mol. The lowest BCUT2D eigenvalue weighted by atomic mass is 9.92. The molecule has 2 rings (SSSR count). The number of hydrogen-bond donors (Lipinski definition) is 3. The van der Waals surface area contributed by atoms with E-state index in [1.165, 1.54) is 12.8 Å². The summed E-state index contributed by atoms with van der Waals surface area (Å²) in [5, 5.41) is 10.1. The molecule has 0 atom stereocenters. The van der Waals surface area contributed by atoms with Crippen LogP contribution in [0.2, 0.25) is 0 Å². The minimum atomic E-state index is 0.419. The van der Waals surface area contributed by atoms with E-state index in [4.69, 9.17) is 5.73 Å². The van der Waals surface area contributed by atoms with Crippen LogP contribution in [0.15, 0.2) is 12.4 Å². The van der Waals surface area contributed by atoms with E-state index in [1.807, 2.05) is 12.4 Å². The monoisotopic (exact) mass is 180 g/mol. The second kappa shape index (κ2) is 3.79. The summed E-state index contributed by atoms with van der Waals surface area (Å²) >= 11 is 0. The first-order valence-corrected chi connectivity index (χ1v) is 4.85. The zero-order valence-corrected chi connectivity index (χ0v) is 7.66. The van der Waals surface area contributed by atoms with Gasteiger partial charge in [0.05, 0.1) is 11.9 Å². The van der Waals surface area contributed by atoms with Crippen LogP contribution >= 0.6 is 0 Å². The van der Waals surface area contributed by atoms with Crippen molar-refractivity contribution in [1.29, 1.82) is 0 Å². The first-order valence-electron chi connectivity index (χ1n) is 4.85. The maximum Gasteiger partial charge on any atom is 0.0725 e. The minimum absolute atomic E-state index is 0.419. The number of anilines is 1. The normalized spacial score (nSPS) is 28.7. The van der Waals surface area contributed by atoms with Gasteiger partial charge in [-0.25, -0.2) is 0 Å². The number of hydrogen-bond acceptors (Lipinski definition) is 3. The third kappa shape index (κ3) is 2.21. The highest BCUT2D eigenvalue weighted by molar-refractivity contribution is 5.38. The Balaban J connectivity index is 1.83. The number of nitrogens with one attached hydrogen (secondary N) is 2. The van der Waals surface area contributed by atoms with E-state index in [9.17, 15) is 0 Å². The molecule has 0 radical (unpaired) electrons. The van der Waals surface area contributed by atoms with Gasteiger partial charge in [0.15, 0.2) is 0 Å². The van der Waals surface area contributed by atoms with E-state index >= 15 is 0 Å². The molecule has 1 heterocycles. The first-order chi connectivity index (χ1) is 6.34. The summed E-state index contributed by atoms with van der Waals surface area (Å²) < 4.78 is 0. The van der Waals surface area contributed by atoms with Crippen molar-refractivity contribution in [1.82, 2.24) is 10.2 Å². The lowest BCUT2D eigenvalue weighted by Gasteiger charge is -2.26. The Kier molecular flexibility index (Phi) is 2.49. The Labute approximate surface area is 77.9 Å². The van der Waals surface area contributed by atoms with Gasteiger partial charge in [-0.05, 0) is 25.7 Å². The van der Waals surface area contributed by atoms with Crippen LogP contribution in [0, 0.1) is 0 Å². The molecule has 0 aromatic carbocycles. The van der Waals surface area contributed by atoms with Crippen LogP contribution in [-0.2, 0) is 0 Å². The molecule has 1 aromatic rings. The fourth-order valence-corrected chi connectivity index (χ4v) is 1.83. The van der Waals surface area contributed by atoms with Crippen molar-refractivity contribution in [2.24, 2.45) is 5.73 Å². The number of aromatic nitrogens is 2. The SMILES string of the molecule is NC1CCC(Nc2cn[nH]c2)CC1. The van der Waals surface area contributed by atoms with Gasteiger partial charge < -0.3 is 11.1 Å². The minimum Gasteiger partial charge on any atom is -0.380 e. The van der Waals surface area contributed by atoms with Crippen LogP contribution in [0.25, 0.3) is 0 Å². The molecule has 4 nitrogen and oxygen atoms in total.